The van der Waals surface area contributed by atoms with Gasteiger partial charge in [-0.05, 0) is 55.2 Å². The summed E-state index contributed by atoms with van der Waals surface area (Å²) in [5.41, 5.74) is 12.6. The number of benzene rings is 2. The summed E-state index contributed by atoms with van der Waals surface area (Å²) in [7, 11) is 4.01. The van der Waals surface area contributed by atoms with Crippen LogP contribution in [0.5, 0.6) is 5.75 Å². The Hall–Kier alpha value is -3.21. The molecule has 0 aliphatic rings. The maximum absolute atomic E-state index is 12.4. The van der Waals surface area contributed by atoms with E-state index in [1.54, 1.807) is 12.1 Å². The molecule has 0 unspecified atom stereocenters. The first-order chi connectivity index (χ1) is 13.8. The van der Waals surface area contributed by atoms with Gasteiger partial charge in [0.15, 0.2) is 0 Å². The second-order valence-electron chi connectivity index (χ2n) is 7.51. The minimum absolute atomic E-state index is 0.264. The van der Waals surface area contributed by atoms with Gasteiger partial charge in [-0.1, -0.05) is 31.2 Å². The van der Waals surface area contributed by atoms with Crippen molar-refractivity contribution in [3.05, 3.63) is 71.0 Å². The maximum Gasteiger partial charge on any atom is 0.251 e. The van der Waals surface area contributed by atoms with Crippen LogP contribution in [0.25, 0.3) is 11.1 Å². The predicted molar refractivity (Wildman–Crippen MR) is 119 cm³/mol. The molecule has 3 aromatic rings. The summed E-state index contributed by atoms with van der Waals surface area (Å²) in [5, 5.41) is 9.49. The van der Waals surface area contributed by atoms with Crippen molar-refractivity contribution in [3.8, 4) is 16.9 Å². The summed E-state index contributed by atoms with van der Waals surface area (Å²) < 4.78 is 2.21. The van der Waals surface area contributed by atoms with Crippen molar-refractivity contribution in [3.63, 3.8) is 0 Å². The molecule has 0 atom stereocenters. The number of amides is 1. The number of phenolic OH excluding ortho intramolecular Hbond substituents is 1. The van der Waals surface area contributed by atoms with Crippen LogP contribution in [0.4, 0.5) is 5.69 Å². The summed E-state index contributed by atoms with van der Waals surface area (Å²) in [4.78, 5) is 14.4. The van der Waals surface area contributed by atoms with Crippen molar-refractivity contribution in [2.24, 2.45) is 5.73 Å². The Labute approximate surface area is 172 Å². The van der Waals surface area contributed by atoms with Crippen molar-refractivity contribution in [1.29, 1.82) is 0 Å². The monoisotopic (exact) mass is 391 g/mol. The van der Waals surface area contributed by atoms with Crippen molar-refractivity contribution in [2.45, 2.75) is 33.2 Å². The van der Waals surface area contributed by atoms with Crippen LogP contribution in [0.1, 0.15) is 34.2 Å². The lowest BCUT2D eigenvalue weighted by molar-refractivity contribution is 0.1000. The molecule has 0 spiro atoms. The summed E-state index contributed by atoms with van der Waals surface area (Å²) in [5.74, 6) is -0.133. The molecular weight excluding hydrogens is 362 g/mol. The number of carbonyl (C=O) groups is 1. The molecule has 0 fully saturated rings. The van der Waals surface area contributed by atoms with Crippen LogP contribution in [0.2, 0.25) is 0 Å². The third-order valence-corrected chi connectivity index (χ3v) is 5.45. The summed E-state index contributed by atoms with van der Waals surface area (Å²) in [6.45, 7) is 4.82. The maximum atomic E-state index is 12.4. The number of aromatic nitrogens is 1. The van der Waals surface area contributed by atoms with Crippen LogP contribution < -0.4 is 10.6 Å². The Balaban J connectivity index is 2.04. The fraction of sp³-hybridized carbons (Fsp3) is 0.292. The number of nitrogens with two attached hydrogens (primary N) is 1. The highest BCUT2D eigenvalue weighted by Gasteiger charge is 2.23. The van der Waals surface area contributed by atoms with E-state index in [0.29, 0.717) is 5.56 Å². The van der Waals surface area contributed by atoms with Crippen molar-refractivity contribution >= 4 is 11.6 Å². The fourth-order valence-electron chi connectivity index (χ4n) is 3.91. The Morgan fingerprint density at radius 1 is 1.07 bits per heavy atom. The number of hydrogen-bond donors (Lipinski definition) is 2. The Morgan fingerprint density at radius 3 is 2.21 bits per heavy atom. The van der Waals surface area contributed by atoms with E-state index in [0.717, 1.165) is 53.2 Å². The zero-order valence-electron chi connectivity index (χ0n) is 17.6. The summed E-state index contributed by atoms with van der Waals surface area (Å²) in [6.07, 6.45) is 1.61. The molecular formula is C24H29N3O2. The molecule has 0 saturated heterocycles. The van der Waals surface area contributed by atoms with Gasteiger partial charge in [0.2, 0.25) is 0 Å². The first-order valence-electron chi connectivity index (χ1n) is 9.90. The lowest BCUT2D eigenvalue weighted by Crippen LogP contribution is -2.14. The smallest absolute Gasteiger partial charge is 0.251 e. The number of phenols is 1. The Kier molecular flexibility index (Phi) is 5.97. The van der Waals surface area contributed by atoms with Crippen LogP contribution in [0, 0.1) is 6.92 Å². The van der Waals surface area contributed by atoms with E-state index in [2.05, 4.69) is 35.8 Å². The Bertz CT molecular complexity index is 1000. The van der Waals surface area contributed by atoms with Gasteiger partial charge in [-0.2, -0.15) is 0 Å². The van der Waals surface area contributed by atoms with E-state index in [9.17, 15) is 9.90 Å². The third-order valence-electron chi connectivity index (χ3n) is 5.45. The predicted octanol–water partition coefficient (Wildman–Crippen LogP) is 4.14. The molecule has 1 aromatic heterocycles. The van der Waals surface area contributed by atoms with Crippen LogP contribution in [-0.4, -0.2) is 29.7 Å². The van der Waals surface area contributed by atoms with E-state index in [4.69, 9.17) is 5.73 Å². The van der Waals surface area contributed by atoms with E-state index in [1.165, 1.54) is 0 Å². The van der Waals surface area contributed by atoms with Gasteiger partial charge in [0.25, 0.3) is 5.91 Å². The number of aromatic hydroxyl groups is 1. The first-order valence-corrected chi connectivity index (χ1v) is 9.90. The average molecular weight is 392 g/mol. The van der Waals surface area contributed by atoms with E-state index >= 15 is 0 Å². The number of rotatable bonds is 7. The van der Waals surface area contributed by atoms with E-state index < -0.39 is 5.91 Å². The number of carbonyl (C=O) groups excluding carboxylic acids is 1. The summed E-state index contributed by atoms with van der Waals surface area (Å²) >= 11 is 0. The zero-order chi connectivity index (χ0) is 21.1. The number of aryl methyl sites for hydroxylation is 1. The quantitative estimate of drug-likeness (QED) is 0.636. The molecule has 0 saturated carbocycles. The topological polar surface area (TPSA) is 71.5 Å². The first kappa shape index (κ1) is 20.5. The normalized spacial score (nSPS) is 10.9. The van der Waals surface area contributed by atoms with Crippen LogP contribution >= 0.6 is 0 Å². The lowest BCUT2D eigenvalue weighted by atomic mass is 9.98. The SMILES string of the molecule is CCc1c(-c2ccc(N(C)C)cc2)c(C(N)=O)c(C)n1CCc1ccc(O)cc1. The second kappa shape index (κ2) is 8.43. The molecule has 0 radical (unpaired) electrons. The molecule has 3 rings (SSSR count). The Morgan fingerprint density at radius 2 is 1.69 bits per heavy atom. The van der Waals surface area contributed by atoms with Gasteiger partial charge in [0.1, 0.15) is 5.75 Å². The molecule has 0 bridgehead atoms. The average Bonchev–Trinajstić information content (AvgIpc) is 2.99. The van der Waals surface area contributed by atoms with Crippen molar-refractivity contribution in [1.82, 2.24) is 4.57 Å². The largest absolute Gasteiger partial charge is 0.508 e. The number of primary amides is 1. The van der Waals surface area contributed by atoms with E-state index in [1.807, 2.05) is 38.1 Å². The minimum atomic E-state index is -0.396. The minimum Gasteiger partial charge on any atom is -0.508 e. The van der Waals surface area contributed by atoms with Gasteiger partial charge in [0, 0.05) is 43.3 Å². The molecule has 152 valence electrons. The molecule has 1 heterocycles. The molecule has 5 nitrogen and oxygen atoms in total. The van der Waals surface area contributed by atoms with Crippen LogP contribution in [0.15, 0.2) is 48.5 Å². The highest BCUT2D eigenvalue weighted by Crippen LogP contribution is 2.34. The molecule has 5 heteroatoms. The molecule has 29 heavy (non-hydrogen) atoms. The highest BCUT2D eigenvalue weighted by atomic mass is 16.3. The standard InChI is InChI=1S/C24H29N3O2/c1-5-21-23(18-8-10-19(11-9-18)26(3)4)22(24(25)29)16(2)27(21)15-14-17-6-12-20(28)13-7-17/h6-13,28H,5,14-15H2,1-4H3,(H2,25,29). The van der Waals surface area contributed by atoms with Gasteiger partial charge < -0.3 is 20.3 Å². The third kappa shape index (κ3) is 4.14. The lowest BCUT2D eigenvalue weighted by Gasteiger charge is -2.14. The summed E-state index contributed by atoms with van der Waals surface area (Å²) in [6, 6.07) is 15.5. The molecule has 0 aliphatic carbocycles. The number of nitrogens with zero attached hydrogens (tertiary/aromatic N) is 2. The second-order valence-corrected chi connectivity index (χ2v) is 7.51. The van der Waals surface area contributed by atoms with E-state index in [-0.39, 0.29) is 5.75 Å². The van der Waals surface area contributed by atoms with Crippen LogP contribution in [0.3, 0.4) is 0 Å². The zero-order valence-corrected chi connectivity index (χ0v) is 17.6. The van der Waals surface area contributed by atoms with Gasteiger partial charge >= 0.3 is 0 Å². The fourth-order valence-corrected chi connectivity index (χ4v) is 3.91. The van der Waals surface area contributed by atoms with Crippen molar-refractivity contribution in [2.75, 3.05) is 19.0 Å². The van der Waals surface area contributed by atoms with Gasteiger partial charge in [-0.25, -0.2) is 0 Å². The molecule has 3 N–H and O–H groups in total. The number of anilines is 1. The van der Waals surface area contributed by atoms with Gasteiger partial charge in [-0.15, -0.1) is 0 Å². The molecule has 1 amide bonds. The van der Waals surface area contributed by atoms with Gasteiger partial charge in [0.05, 0.1) is 5.56 Å². The molecule has 0 aliphatic heterocycles. The van der Waals surface area contributed by atoms with Crippen LogP contribution in [-0.2, 0) is 19.4 Å². The molecule has 2 aromatic carbocycles. The number of hydrogen-bond acceptors (Lipinski definition) is 3. The van der Waals surface area contributed by atoms with Crippen molar-refractivity contribution < 1.29 is 9.90 Å². The van der Waals surface area contributed by atoms with Gasteiger partial charge in [-0.3, -0.25) is 4.79 Å². The highest BCUT2D eigenvalue weighted by molar-refractivity contribution is 6.02.